The number of hydrogen-bond acceptors (Lipinski definition) is 4. The summed E-state index contributed by atoms with van der Waals surface area (Å²) in [6.07, 6.45) is 2.91. The summed E-state index contributed by atoms with van der Waals surface area (Å²) < 4.78 is 23.4. The lowest BCUT2D eigenvalue weighted by atomic mass is 10.1. The Morgan fingerprint density at radius 1 is 1.42 bits per heavy atom. The number of nitrogens with zero attached hydrogens (tertiary/aromatic N) is 1. The molecule has 5 nitrogen and oxygen atoms in total. The Morgan fingerprint density at radius 2 is 2.16 bits per heavy atom. The Hall–Kier alpha value is -1.40. The van der Waals surface area contributed by atoms with E-state index in [4.69, 9.17) is 5.73 Å². The summed E-state index contributed by atoms with van der Waals surface area (Å²) in [5, 5.41) is 0. The standard InChI is InChI=1S/C13H19N3O2S/c1-9(8-14)6-7-12-15-10-4-3-5-11(13(10)16-12)19(2,17)18/h3-5,9H,6-8,14H2,1-2H3,(H,15,16). The molecule has 3 N–H and O–H groups in total. The Bertz CT molecular complexity index is 676. The number of para-hydroxylation sites is 1. The van der Waals surface area contributed by atoms with Crippen molar-refractivity contribution in [2.45, 2.75) is 24.7 Å². The maximum atomic E-state index is 11.7. The highest BCUT2D eigenvalue weighted by atomic mass is 32.2. The summed E-state index contributed by atoms with van der Waals surface area (Å²) in [5.74, 6) is 1.24. The van der Waals surface area contributed by atoms with E-state index in [0.717, 1.165) is 24.2 Å². The number of aryl methyl sites for hydroxylation is 1. The third kappa shape index (κ3) is 3.13. The zero-order chi connectivity index (χ0) is 14.0. The van der Waals surface area contributed by atoms with Gasteiger partial charge in [-0.2, -0.15) is 0 Å². The van der Waals surface area contributed by atoms with Crippen molar-refractivity contribution in [1.29, 1.82) is 0 Å². The Morgan fingerprint density at radius 3 is 2.79 bits per heavy atom. The lowest BCUT2D eigenvalue weighted by Crippen LogP contribution is -2.11. The number of aromatic amines is 1. The molecule has 104 valence electrons. The van der Waals surface area contributed by atoms with Gasteiger partial charge in [0.2, 0.25) is 0 Å². The van der Waals surface area contributed by atoms with Crippen molar-refractivity contribution >= 4 is 20.9 Å². The molecule has 1 atom stereocenters. The van der Waals surface area contributed by atoms with Gasteiger partial charge in [-0.1, -0.05) is 13.0 Å². The number of hydrogen-bond donors (Lipinski definition) is 2. The number of imidazole rings is 1. The average molecular weight is 281 g/mol. The summed E-state index contributed by atoms with van der Waals surface area (Å²) in [4.78, 5) is 7.86. The molecule has 1 unspecified atom stereocenters. The zero-order valence-corrected chi connectivity index (χ0v) is 12.0. The van der Waals surface area contributed by atoms with Gasteiger partial charge in [-0.25, -0.2) is 13.4 Å². The molecule has 19 heavy (non-hydrogen) atoms. The van der Waals surface area contributed by atoms with E-state index in [2.05, 4.69) is 16.9 Å². The first kappa shape index (κ1) is 14.0. The summed E-state index contributed by atoms with van der Waals surface area (Å²) in [5.41, 5.74) is 6.87. The summed E-state index contributed by atoms with van der Waals surface area (Å²) >= 11 is 0. The highest BCUT2D eigenvalue weighted by molar-refractivity contribution is 7.91. The highest BCUT2D eigenvalue weighted by Gasteiger charge is 2.15. The van der Waals surface area contributed by atoms with Gasteiger partial charge >= 0.3 is 0 Å². The molecule has 0 saturated heterocycles. The van der Waals surface area contributed by atoms with E-state index in [1.54, 1.807) is 12.1 Å². The van der Waals surface area contributed by atoms with Crippen molar-refractivity contribution in [3.8, 4) is 0 Å². The number of nitrogens with two attached hydrogens (primary N) is 1. The van der Waals surface area contributed by atoms with Crippen LogP contribution in [0.2, 0.25) is 0 Å². The first-order valence-corrected chi connectivity index (χ1v) is 8.18. The van der Waals surface area contributed by atoms with Crippen molar-refractivity contribution in [3.05, 3.63) is 24.0 Å². The predicted octanol–water partition coefficient (Wildman–Crippen LogP) is 1.49. The number of sulfone groups is 1. The minimum atomic E-state index is -3.25. The van der Waals surface area contributed by atoms with Crippen molar-refractivity contribution < 1.29 is 8.42 Å². The summed E-state index contributed by atoms with van der Waals surface area (Å²) in [7, 11) is -3.25. The van der Waals surface area contributed by atoms with E-state index in [0.29, 0.717) is 18.0 Å². The third-order valence-electron chi connectivity index (χ3n) is 3.20. The average Bonchev–Trinajstić information content (AvgIpc) is 2.76. The Balaban J connectivity index is 2.36. The SMILES string of the molecule is CC(CN)CCc1nc2c(S(C)(=O)=O)cccc2[nH]1. The zero-order valence-electron chi connectivity index (χ0n) is 11.2. The first-order valence-electron chi connectivity index (χ1n) is 6.29. The quantitative estimate of drug-likeness (QED) is 0.869. The molecule has 2 aromatic rings. The van der Waals surface area contributed by atoms with Crippen molar-refractivity contribution in [2.75, 3.05) is 12.8 Å². The number of benzene rings is 1. The third-order valence-corrected chi connectivity index (χ3v) is 4.33. The van der Waals surface area contributed by atoms with E-state index < -0.39 is 9.84 Å². The van der Waals surface area contributed by atoms with E-state index in [9.17, 15) is 8.42 Å². The van der Waals surface area contributed by atoms with E-state index in [-0.39, 0.29) is 4.90 Å². The molecule has 1 aromatic heterocycles. The number of aromatic nitrogens is 2. The van der Waals surface area contributed by atoms with Gasteiger partial charge in [0.25, 0.3) is 0 Å². The largest absolute Gasteiger partial charge is 0.342 e. The minimum absolute atomic E-state index is 0.277. The van der Waals surface area contributed by atoms with Gasteiger partial charge in [-0.05, 0) is 31.0 Å². The molecule has 0 saturated carbocycles. The van der Waals surface area contributed by atoms with Crippen molar-refractivity contribution in [3.63, 3.8) is 0 Å². The Labute approximate surface area is 113 Å². The molecule has 0 aliphatic rings. The second-order valence-corrected chi connectivity index (χ2v) is 6.97. The summed E-state index contributed by atoms with van der Waals surface area (Å²) in [6.45, 7) is 2.74. The predicted molar refractivity (Wildman–Crippen MR) is 75.7 cm³/mol. The van der Waals surface area contributed by atoms with Crippen LogP contribution in [0.4, 0.5) is 0 Å². The topological polar surface area (TPSA) is 88.8 Å². The second-order valence-electron chi connectivity index (χ2n) is 4.99. The Kier molecular flexibility index (Phi) is 3.91. The minimum Gasteiger partial charge on any atom is -0.342 e. The van der Waals surface area contributed by atoms with Crippen LogP contribution in [0.5, 0.6) is 0 Å². The highest BCUT2D eigenvalue weighted by Crippen LogP contribution is 2.21. The van der Waals surface area contributed by atoms with Gasteiger partial charge < -0.3 is 10.7 Å². The summed E-state index contributed by atoms with van der Waals surface area (Å²) in [6, 6.07) is 5.15. The van der Waals surface area contributed by atoms with Crippen LogP contribution in [0, 0.1) is 5.92 Å². The number of H-pyrrole nitrogens is 1. The molecule has 0 fully saturated rings. The molecule has 0 aliphatic carbocycles. The maximum Gasteiger partial charge on any atom is 0.177 e. The molecule has 0 aliphatic heterocycles. The van der Waals surface area contributed by atoms with Crippen LogP contribution >= 0.6 is 0 Å². The van der Waals surface area contributed by atoms with Crippen LogP contribution in [-0.2, 0) is 16.3 Å². The lowest BCUT2D eigenvalue weighted by molar-refractivity contribution is 0.538. The van der Waals surface area contributed by atoms with E-state index in [1.807, 2.05) is 6.07 Å². The molecule has 0 amide bonds. The first-order chi connectivity index (χ1) is 8.91. The molecular formula is C13H19N3O2S. The number of nitrogens with one attached hydrogen (secondary N) is 1. The fraction of sp³-hybridized carbons (Fsp3) is 0.462. The molecule has 2 rings (SSSR count). The molecule has 1 aromatic carbocycles. The lowest BCUT2D eigenvalue weighted by Gasteiger charge is -2.05. The van der Waals surface area contributed by atoms with Gasteiger partial charge in [0.1, 0.15) is 11.3 Å². The van der Waals surface area contributed by atoms with E-state index in [1.165, 1.54) is 6.26 Å². The van der Waals surface area contributed by atoms with E-state index >= 15 is 0 Å². The van der Waals surface area contributed by atoms with Crippen molar-refractivity contribution in [2.24, 2.45) is 11.7 Å². The van der Waals surface area contributed by atoms with Crippen LogP contribution in [0.1, 0.15) is 19.2 Å². The maximum absolute atomic E-state index is 11.7. The van der Waals surface area contributed by atoms with Crippen LogP contribution in [-0.4, -0.2) is 31.2 Å². The van der Waals surface area contributed by atoms with Gasteiger partial charge in [0.15, 0.2) is 9.84 Å². The monoisotopic (exact) mass is 281 g/mol. The van der Waals surface area contributed by atoms with Crippen LogP contribution < -0.4 is 5.73 Å². The molecule has 0 spiro atoms. The number of rotatable bonds is 5. The fourth-order valence-corrected chi connectivity index (χ4v) is 2.81. The smallest absolute Gasteiger partial charge is 0.177 e. The second kappa shape index (κ2) is 5.30. The van der Waals surface area contributed by atoms with Gasteiger partial charge in [0.05, 0.1) is 10.4 Å². The van der Waals surface area contributed by atoms with Gasteiger partial charge in [-0.3, -0.25) is 0 Å². The molecule has 1 heterocycles. The van der Waals surface area contributed by atoms with Gasteiger partial charge in [0, 0.05) is 12.7 Å². The van der Waals surface area contributed by atoms with Crippen LogP contribution in [0.25, 0.3) is 11.0 Å². The molecular weight excluding hydrogens is 262 g/mol. The van der Waals surface area contributed by atoms with Crippen LogP contribution in [0.3, 0.4) is 0 Å². The van der Waals surface area contributed by atoms with Crippen molar-refractivity contribution in [1.82, 2.24) is 9.97 Å². The van der Waals surface area contributed by atoms with Crippen LogP contribution in [0.15, 0.2) is 23.1 Å². The van der Waals surface area contributed by atoms with Gasteiger partial charge in [-0.15, -0.1) is 0 Å². The number of fused-ring (bicyclic) bond motifs is 1. The molecule has 0 radical (unpaired) electrons. The molecule has 6 heteroatoms. The normalized spacial score (nSPS) is 13.8. The molecule has 0 bridgehead atoms. The fourth-order valence-electron chi connectivity index (χ4n) is 1.98.